The van der Waals surface area contributed by atoms with Crippen molar-refractivity contribution in [1.29, 1.82) is 0 Å². The van der Waals surface area contributed by atoms with E-state index in [0.717, 1.165) is 13.0 Å². The Bertz CT molecular complexity index is 388. The van der Waals surface area contributed by atoms with Crippen molar-refractivity contribution in [2.45, 2.75) is 26.4 Å². The van der Waals surface area contributed by atoms with Crippen molar-refractivity contribution < 1.29 is 14.2 Å². The summed E-state index contributed by atoms with van der Waals surface area (Å²) >= 11 is 0. The number of anilines is 2. The van der Waals surface area contributed by atoms with Gasteiger partial charge in [-0.2, -0.15) is 4.98 Å². The van der Waals surface area contributed by atoms with Gasteiger partial charge in [0.2, 0.25) is 5.88 Å². The lowest BCUT2D eigenvalue weighted by atomic mass is 10.4. The highest BCUT2D eigenvalue weighted by molar-refractivity contribution is 5.66. The first-order chi connectivity index (χ1) is 9.65. The zero-order valence-electron chi connectivity index (χ0n) is 12.4. The van der Waals surface area contributed by atoms with Crippen molar-refractivity contribution in [3.63, 3.8) is 0 Å². The summed E-state index contributed by atoms with van der Waals surface area (Å²) in [5, 5.41) is 3.15. The zero-order chi connectivity index (χ0) is 14.8. The molecule has 114 valence electrons. The van der Waals surface area contributed by atoms with Gasteiger partial charge in [0.15, 0.2) is 5.82 Å². The molecule has 1 heterocycles. The van der Waals surface area contributed by atoms with Crippen molar-refractivity contribution in [1.82, 2.24) is 9.97 Å². The Morgan fingerprint density at radius 1 is 1.25 bits per heavy atom. The van der Waals surface area contributed by atoms with E-state index in [-0.39, 0.29) is 6.10 Å². The van der Waals surface area contributed by atoms with Crippen molar-refractivity contribution >= 4 is 11.5 Å². The third-order valence-electron chi connectivity index (χ3n) is 2.44. The summed E-state index contributed by atoms with van der Waals surface area (Å²) in [6, 6.07) is 0. The lowest BCUT2D eigenvalue weighted by Gasteiger charge is -2.12. The Kier molecular flexibility index (Phi) is 7.67. The Labute approximate surface area is 119 Å². The molecule has 3 N–H and O–H groups in total. The van der Waals surface area contributed by atoms with Gasteiger partial charge in [-0.15, -0.1) is 0 Å². The molecule has 0 bridgehead atoms. The largest absolute Gasteiger partial charge is 0.474 e. The first-order valence-corrected chi connectivity index (χ1v) is 6.72. The quantitative estimate of drug-likeness (QED) is 0.626. The highest BCUT2D eigenvalue weighted by Gasteiger charge is 2.08. The maximum Gasteiger partial charge on any atom is 0.242 e. The van der Waals surface area contributed by atoms with Gasteiger partial charge in [-0.05, 0) is 20.3 Å². The Morgan fingerprint density at radius 3 is 2.75 bits per heavy atom. The molecule has 0 aliphatic rings. The number of hydrogen-bond donors (Lipinski definition) is 2. The van der Waals surface area contributed by atoms with Crippen LogP contribution in [0.1, 0.15) is 20.3 Å². The van der Waals surface area contributed by atoms with Crippen LogP contribution in [0.4, 0.5) is 11.5 Å². The predicted molar refractivity (Wildman–Crippen MR) is 78.0 cm³/mol. The fraction of sp³-hybridized carbons (Fsp3) is 0.692. The fourth-order valence-electron chi connectivity index (χ4n) is 1.45. The van der Waals surface area contributed by atoms with E-state index in [1.54, 1.807) is 7.11 Å². The molecular weight excluding hydrogens is 260 g/mol. The molecule has 0 amide bonds. The van der Waals surface area contributed by atoms with Gasteiger partial charge in [0.1, 0.15) is 18.6 Å². The van der Waals surface area contributed by atoms with Gasteiger partial charge in [-0.25, -0.2) is 4.98 Å². The molecule has 1 aromatic rings. The van der Waals surface area contributed by atoms with Gasteiger partial charge >= 0.3 is 0 Å². The summed E-state index contributed by atoms with van der Waals surface area (Å²) in [5.41, 5.74) is 6.35. The SMILES string of the molecule is COCCOc1ncnc(NCCCOC(C)C)c1N. The third kappa shape index (κ3) is 6.03. The van der Waals surface area contributed by atoms with Crippen LogP contribution < -0.4 is 15.8 Å². The van der Waals surface area contributed by atoms with Crippen LogP contribution in [-0.4, -0.2) is 49.5 Å². The van der Waals surface area contributed by atoms with E-state index < -0.39 is 0 Å². The smallest absolute Gasteiger partial charge is 0.242 e. The average molecular weight is 284 g/mol. The summed E-state index contributed by atoms with van der Waals surface area (Å²) in [6.45, 7) is 6.34. The molecule has 0 aliphatic carbocycles. The minimum absolute atomic E-state index is 0.250. The van der Waals surface area contributed by atoms with Crippen LogP contribution in [0.25, 0.3) is 0 Å². The lowest BCUT2D eigenvalue weighted by Crippen LogP contribution is -2.13. The molecule has 0 unspecified atom stereocenters. The van der Waals surface area contributed by atoms with Crippen LogP contribution in [-0.2, 0) is 9.47 Å². The first-order valence-electron chi connectivity index (χ1n) is 6.72. The van der Waals surface area contributed by atoms with Gasteiger partial charge in [0.05, 0.1) is 12.7 Å². The van der Waals surface area contributed by atoms with Gasteiger partial charge in [-0.3, -0.25) is 0 Å². The molecule has 1 aromatic heterocycles. The van der Waals surface area contributed by atoms with Crippen LogP contribution in [0.5, 0.6) is 5.88 Å². The fourth-order valence-corrected chi connectivity index (χ4v) is 1.45. The number of nitrogen functional groups attached to an aromatic ring is 1. The zero-order valence-corrected chi connectivity index (χ0v) is 12.4. The number of nitrogens with two attached hydrogens (primary N) is 1. The second-order valence-electron chi connectivity index (χ2n) is 4.48. The van der Waals surface area contributed by atoms with Gasteiger partial charge < -0.3 is 25.3 Å². The van der Waals surface area contributed by atoms with Crippen molar-refractivity contribution in [2.24, 2.45) is 0 Å². The standard InChI is InChI=1S/C13H24N4O3/c1-10(2)19-6-4-5-15-12-11(14)13(17-9-16-12)20-8-7-18-3/h9-10H,4-8,14H2,1-3H3,(H,15,16,17). The summed E-state index contributed by atoms with van der Waals surface area (Å²) in [5.74, 6) is 0.954. The van der Waals surface area contributed by atoms with E-state index >= 15 is 0 Å². The molecule has 20 heavy (non-hydrogen) atoms. The van der Waals surface area contributed by atoms with Crippen molar-refractivity contribution in [3.05, 3.63) is 6.33 Å². The minimum Gasteiger partial charge on any atom is -0.474 e. The number of rotatable bonds is 10. The van der Waals surface area contributed by atoms with Crippen molar-refractivity contribution in [3.8, 4) is 5.88 Å². The number of nitrogens with one attached hydrogen (secondary N) is 1. The topological polar surface area (TPSA) is 91.5 Å². The van der Waals surface area contributed by atoms with E-state index in [9.17, 15) is 0 Å². The molecule has 0 aromatic carbocycles. The van der Waals surface area contributed by atoms with Gasteiger partial charge in [-0.1, -0.05) is 0 Å². The summed E-state index contributed by atoms with van der Waals surface area (Å²) in [6.07, 6.45) is 2.55. The molecule has 7 nitrogen and oxygen atoms in total. The molecule has 0 atom stereocenters. The van der Waals surface area contributed by atoms with Crippen LogP contribution in [0.15, 0.2) is 6.33 Å². The Balaban J connectivity index is 2.39. The maximum absolute atomic E-state index is 5.94. The normalized spacial score (nSPS) is 10.8. The van der Waals surface area contributed by atoms with E-state index in [1.807, 2.05) is 13.8 Å². The monoisotopic (exact) mass is 284 g/mol. The highest BCUT2D eigenvalue weighted by Crippen LogP contribution is 2.24. The van der Waals surface area contributed by atoms with E-state index in [0.29, 0.717) is 37.2 Å². The molecule has 0 radical (unpaired) electrons. The number of aromatic nitrogens is 2. The molecule has 0 saturated heterocycles. The summed E-state index contributed by atoms with van der Waals surface area (Å²) in [4.78, 5) is 8.10. The Hall–Kier alpha value is -1.60. The molecule has 0 spiro atoms. The molecule has 0 saturated carbocycles. The number of nitrogens with zero attached hydrogens (tertiary/aromatic N) is 2. The first kappa shape index (κ1) is 16.5. The van der Waals surface area contributed by atoms with E-state index in [1.165, 1.54) is 6.33 Å². The average Bonchev–Trinajstić information content (AvgIpc) is 2.42. The molecule has 0 aliphatic heterocycles. The van der Waals surface area contributed by atoms with E-state index in [2.05, 4.69) is 15.3 Å². The Morgan fingerprint density at radius 2 is 2.05 bits per heavy atom. The lowest BCUT2D eigenvalue weighted by molar-refractivity contribution is 0.0787. The van der Waals surface area contributed by atoms with Crippen LogP contribution in [0.2, 0.25) is 0 Å². The third-order valence-corrected chi connectivity index (χ3v) is 2.44. The molecule has 7 heteroatoms. The highest BCUT2D eigenvalue weighted by atomic mass is 16.5. The molecule has 0 fully saturated rings. The number of ether oxygens (including phenoxy) is 3. The van der Waals surface area contributed by atoms with E-state index in [4.69, 9.17) is 19.9 Å². The van der Waals surface area contributed by atoms with Crippen LogP contribution in [0.3, 0.4) is 0 Å². The summed E-state index contributed by atoms with van der Waals surface area (Å²) in [7, 11) is 1.61. The summed E-state index contributed by atoms with van der Waals surface area (Å²) < 4.78 is 15.8. The predicted octanol–water partition coefficient (Wildman–Crippen LogP) is 1.31. The number of hydrogen-bond acceptors (Lipinski definition) is 7. The number of methoxy groups -OCH3 is 1. The van der Waals surface area contributed by atoms with Crippen LogP contribution in [0, 0.1) is 0 Å². The van der Waals surface area contributed by atoms with Gasteiger partial charge in [0.25, 0.3) is 0 Å². The van der Waals surface area contributed by atoms with Gasteiger partial charge in [0, 0.05) is 20.3 Å². The minimum atomic E-state index is 0.250. The van der Waals surface area contributed by atoms with Crippen molar-refractivity contribution in [2.75, 3.05) is 44.5 Å². The second kappa shape index (κ2) is 9.33. The maximum atomic E-state index is 5.94. The second-order valence-corrected chi connectivity index (χ2v) is 4.48. The van der Waals surface area contributed by atoms with Crippen LogP contribution >= 0.6 is 0 Å². The molecule has 1 rings (SSSR count). The molecular formula is C13H24N4O3.